The van der Waals surface area contributed by atoms with Gasteiger partial charge >= 0.3 is 0 Å². The number of aromatic nitrogens is 2. The molecule has 0 aliphatic rings. The van der Waals surface area contributed by atoms with Crippen LogP contribution in [0.3, 0.4) is 0 Å². The number of nitrogens with zero attached hydrogens (tertiary/aromatic N) is 2. The van der Waals surface area contributed by atoms with Crippen molar-refractivity contribution in [1.82, 2.24) is 9.55 Å². The second-order valence-electron chi connectivity index (χ2n) is 4.05. The van der Waals surface area contributed by atoms with Crippen molar-refractivity contribution >= 4 is 32.6 Å². The topological polar surface area (TPSA) is 17.8 Å². The molecule has 0 fully saturated rings. The third kappa shape index (κ3) is 1.28. The van der Waals surface area contributed by atoms with Crippen LogP contribution >= 0.6 is 0 Å². The Bertz CT molecular complexity index is 1460. The lowest BCUT2D eigenvalue weighted by Gasteiger charge is -2.07. The summed E-state index contributed by atoms with van der Waals surface area (Å²) in [6.45, 7) is -6.06. The van der Waals surface area contributed by atoms with Gasteiger partial charge in [-0.15, -0.1) is 0 Å². The van der Waals surface area contributed by atoms with Crippen LogP contribution in [0.15, 0.2) is 48.4 Å². The number of hydrogen-bond acceptors (Lipinski definition) is 1. The van der Waals surface area contributed by atoms with E-state index < -0.39 is 61.9 Å². The molecule has 2 heteroatoms. The van der Waals surface area contributed by atoms with E-state index in [1.54, 1.807) is 0 Å². The molecule has 0 saturated carbocycles. The monoisotopic (exact) mass is 259 g/mol. The van der Waals surface area contributed by atoms with Crippen LogP contribution in [0.1, 0.15) is 23.6 Å². The van der Waals surface area contributed by atoms with Gasteiger partial charge in [-0.2, -0.15) is 0 Å². The first-order chi connectivity index (χ1) is 14.6. The van der Waals surface area contributed by atoms with Crippen molar-refractivity contribution in [3.8, 4) is 0 Å². The van der Waals surface area contributed by atoms with E-state index in [0.29, 0.717) is 4.57 Å². The second kappa shape index (κ2) is 3.58. The molecule has 92 valence electrons. The van der Waals surface area contributed by atoms with Crippen LogP contribution < -0.4 is 0 Å². The van der Waals surface area contributed by atoms with Gasteiger partial charge in [0.1, 0.15) is 5.82 Å². The normalized spacial score (nSPS) is 22.8. The molecule has 4 rings (SSSR count). The van der Waals surface area contributed by atoms with Crippen molar-refractivity contribution in [3.05, 3.63) is 54.2 Å². The Hall–Kier alpha value is -2.35. The van der Waals surface area contributed by atoms with Gasteiger partial charge in [0.05, 0.1) is 20.6 Å². The molecule has 0 aliphatic heterocycles. The molecule has 0 radical (unpaired) electrons. The molecule has 0 amide bonds. The van der Waals surface area contributed by atoms with Crippen LogP contribution in [0.4, 0.5) is 0 Å². The molecule has 2 nitrogen and oxygen atoms in total. The predicted octanol–water partition coefficient (Wildman–Crippen LogP) is 4.19. The van der Waals surface area contributed by atoms with Gasteiger partial charge in [0.15, 0.2) is 0 Å². The quantitative estimate of drug-likeness (QED) is 0.433. The highest BCUT2D eigenvalue weighted by atomic mass is 15.1. The molecule has 0 atom stereocenters. The zero-order valence-electron chi connectivity index (χ0n) is 22.5. The lowest BCUT2D eigenvalue weighted by molar-refractivity contribution is 0.888. The van der Waals surface area contributed by atoms with Crippen molar-refractivity contribution in [1.29, 1.82) is 0 Å². The zero-order chi connectivity index (χ0) is 24.1. The predicted molar refractivity (Wildman–Crippen MR) is 80.5 cm³/mol. The largest absolute Gasteiger partial charge is 0.331 e. The van der Waals surface area contributed by atoms with Crippen molar-refractivity contribution in [2.24, 2.45) is 6.98 Å². The third-order valence-corrected chi connectivity index (χ3v) is 3.05. The number of rotatable bonds is 0. The first-order valence-corrected chi connectivity index (χ1v) is 5.45. The zero-order valence-corrected chi connectivity index (χ0v) is 9.47. The van der Waals surface area contributed by atoms with Gasteiger partial charge in [0.2, 0.25) is 0 Å². The first kappa shape index (κ1) is 3.83. The first-order valence-electron chi connectivity index (χ1n) is 11.9. The lowest BCUT2D eigenvalue weighted by atomic mass is 10.00. The number of aryl methyl sites for hydroxylation is 2. The van der Waals surface area contributed by atoms with E-state index in [2.05, 4.69) is 4.98 Å². The Morgan fingerprint density at radius 2 is 1.74 bits per heavy atom. The molecule has 0 saturated heterocycles. The molecule has 0 aliphatic carbocycles. The average molecular weight is 259 g/mol. The minimum absolute atomic E-state index is 0.0444. The van der Waals surface area contributed by atoms with E-state index in [9.17, 15) is 0 Å². The van der Waals surface area contributed by atoms with Crippen LogP contribution in [-0.2, 0) is 6.98 Å². The van der Waals surface area contributed by atoms with Crippen molar-refractivity contribution in [2.75, 3.05) is 0 Å². The fourth-order valence-corrected chi connectivity index (χ4v) is 2.25. The van der Waals surface area contributed by atoms with Gasteiger partial charge in [-0.3, -0.25) is 0 Å². The van der Waals surface area contributed by atoms with Crippen LogP contribution in [0.5, 0.6) is 0 Å². The van der Waals surface area contributed by atoms with E-state index in [-0.39, 0.29) is 32.6 Å². The summed E-state index contributed by atoms with van der Waals surface area (Å²) in [6.07, 6.45) is 0. The Balaban J connectivity index is 2.55. The van der Waals surface area contributed by atoms with E-state index in [1.807, 2.05) is 0 Å². The summed E-state index contributed by atoms with van der Waals surface area (Å²) in [4.78, 5) is 4.02. The van der Waals surface area contributed by atoms with Crippen molar-refractivity contribution in [2.45, 2.75) is 6.85 Å². The maximum atomic E-state index is 8.41. The smallest absolute Gasteiger partial charge is 0.106 e. The van der Waals surface area contributed by atoms with E-state index in [1.165, 1.54) is 0 Å². The average Bonchev–Trinajstić information content (AvgIpc) is 3.09. The molecule has 3 aromatic carbocycles. The molecule has 1 aromatic heterocycles. The minimum atomic E-state index is -3.07. The fourth-order valence-electron chi connectivity index (χ4n) is 2.25. The Labute approximate surface area is 129 Å². The maximum Gasteiger partial charge on any atom is 0.106 e. The fraction of sp³-hybridized carbons (Fsp3) is 0.118. The van der Waals surface area contributed by atoms with Crippen LogP contribution in [0.25, 0.3) is 32.6 Å². The lowest BCUT2D eigenvalue weighted by Crippen LogP contribution is -1.91. The number of fused-ring (bicyclic) bond motifs is 6. The van der Waals surface area contributed by atoms with Gasteiger partial charge in [-0.05, 0) is 17.6 Å². The summed E-state index contributed by atoms with van der Waals surface area (Å²) in [5.74, 6) is -0.818. The van der Waals surface area contributed by atoms with Crippen molar-refractivity contribution < 1.29 is 17.8 Å². The second-order valence-corrected chi connectivity index (χ2v) is 4.05. The molecule has 0 spiro atoms. The van der Waals surface area contributed by atoms with Crippen LogP contribution in [-0.4, -0.2) is 9.55 Å². The van der Waals surface area contributed by atoms with Gasteiger partial charge < -0.3 is 4.57 Å². The van der Waals surface area contributed by atoms with Gasteiger partial charge in [-0.1, -0.05) is 48.4 Å². The highest BCUT2D eigenvalue weighted by molar-refractivity contribution is 6.23. The van der Waals surface area contributed by atoms with Gasteiger partial charge in [0, 0.05) is 26.0 Å². The number of hydrogen-bond donors (Lipinski definition) is 0. The Kier molecular flexibility index (Phi) is 0.720. The number of imidazole rings is 1. The van der Waals surface area contributed by atoms with Gasteiger partial charge in [0.25, 0.3) is 0 Å². The van der Waals surface area contributed by atoms with Gasteiger partial charge in [-0.25, -0.2) is 4.98 Å². The standard InChI is InChI=1S/C17H14N2/c1-11-18-16-14-9-5-3-7-12(14)13-8-4-6-10-15(13)17(16)19(11)2/h3-10H,1-2H3/i1D3,2D3,3D,4D,5D,6D,7D,8D,10D. The molecule has 0 unspecified atom stereocenters. The molecule has 1 heterocycles. The maximum absolute atomic E-state index is 8.41. The summed E-state index contributed by atoms with van der Waals surface area (Å²) in [5, 5.41) is -0.729. The molecule has 19 heavy (non-hydrogen) atoms. The summed E-state index contributed by atoms with van der Waals surface area (Å²) < 4.78 is 105. The molecule has 0 N–H and O–H groups in total. The molecular formula is C17H14N2. The molecule has 4 aromatic rings. The van der Waals surface area contributed by atoms with E-state index in [0.717, 1.165) is 6.07 Å². The summed E-state index contributed by atoms with van der Waals surface area (Å²) in [6, 6.07) is -2.81. The highest BCUT2D eigenvalue weighted by Crippen LogP contribution is 2.34. The van der Waals surface area contributed by atoms with Crippen LogP contribution in [0.2, 0.25) is 0 Å². The van der Waals surface area contributed by atoms with E-state index >= 15 is 0 Å². The summed E-state index contributed by atoms with van der Waals surface area (Å²) in [7, 11) is 0. The Morgan fingerprint density at radius 1 is 1.00 bits per heavy atom. The Morgan fingerprint density at radius 3 is 2.53 bits per heavy atom. The summed E-state index contributed by atoms with van der Waals surface area (Å²) in [5.41, 5.74) is -0.594. The van der Waals surface area contributed by atoms with Crippen LogP contribution in [0, 0.1) is 6.85 Å². The van der Waals surface area contributed by atoms with Crippen molar-refractivity contribution in [3.63, 3.8) is 0 Å². The molecule has 0 bridgehead atoms. The SMILES string of the molecule is [2H]c1cc2c3nc(C([2H])([2H])[2H])n(C([2H])([2H])[2H])c3c3c([2H])c([2H])c([2H])c([2H])c3c2c([2H])c1[2H]. The van der Waals surface area contributed by atoms with E-state index in [4.69, 9.17) is 17.8 Å². The minimum Gasteiger partial charge on any atom is -0.331 e. The molecular weight excluding hydrogens is 232 g/mol. The highest BCUT2D eigenvalue weighted by Gasteiger charge is 2.13. The summed E-state index contributed by atoms with van der Waals surface area (Å²) >= 11 is 0. The number of benzene rings is 3. The third-order valence-electron chi connectivity index (χ3n) is 3.05.